The fraction of sp³-hybridized carbons (Fsp3) is 0.333. The van der Waals surface area contributed by atoms with Gasteiger partial charge in [-0.15, -0.1) is 0 Å². The lowest BCUT2D eigenvalue weighted by Crippen LogP contribution is -2.32. The molecular weight excluding hydrogens is 432 g/mol. The number of ether oxygens (including phenoxy) is 2. The molecule has 0 aliphatic carbocycles. The van der Waals surface area contributed by atoms with E-state index in [0.29, 0.717) is 29.5 Å². The van der Waals surface area contributed by atoms with Gasteiger partial charge in [0.15, 0.2) is 17.2 Å². The van der Waals surface area contributed by atoms with E-state index in [1.54, 1.807) is 0 Å². The van der Waals surface area contributed by atoms with Crippen LogP contribution < -0.4 is 14.8 Å². The molecule has 0 spiro atoms. The van der Waals surface area contributed by atoms with Gasteiger partial charge in [0.2, 0.25) is 12.7 Å². The molecule has 1 atom stereocenters. The third-order valence-corrected chi connectivity index (χ3v) is 5.39. The van der Waals surface area contributed by atoms with Crippen molar-refractivity contribution >= 4 is 5.91 Å². The molecule has 0 radical (unpaired) electrons. The maximum atomic E-state index is 14.3. The van der Waals surface area contributed by atoms with Crippen molar-refractivity contribution in [1.82, 2.24) is 15.2 Å². The second-order valence-electron chi connectivity index (χ2n) is 7.98. The van der Waals surface area contributed by atoms with E-state index in [1.807, 2.05) is 36.9 Å². The van der Waals surface area contributed by atoms with Crippen LogP contribution in [0.2, 0.25) is 0 Å². The Labute approximate surface area is 190 Å². The minimum Gasteiger partial charge on any atom is -0.454 e. The van der Waals surface area contributed by atoms with Crippen LogP contribution >= 0.6 is 0 Å². The smallest absolute Gasteiger partial charge is 0.273 e. The number of carbonyl (C=O) groups excluding carboxylic acids is 1. The fourth-order valence-electron chi connectivity index (χ4n) is 3.43. The number of halogens is 2. The Morgan fingerprint density at radius 2 is 1.94 bits per heavy atom. The molecule has 33 heavy (non-hydrogen) atoms. The summed E-state index contributed by atoms with van der Waals surface area (Å²) < 4.78 is 44.0. The van der Waals surface area contributed by atoms with Gasteiger partial charge >= 0.3 is 0 Å². The van der Waals surface area contributed by atoms with Crippen LogP contribution in [0.1, 0.15) is 47.8 Å². The van der Waals surface area contributed by atoms with Crippen LogP contribution in [0.5, 0.6) is 11.5 Å². The number of nitrogens with one attached hydrogen (secondary N) is 1. The summed E-state index contributed by atoms with van der Waals surface area (Å²) in [5.41, 5.74) is 1.42. The van der Waals surface area contributed by atoms with Gasteiger partial charge in [-0.25, -0.2) is 13.8 Å². The third kappa shape index (κ3) is 5.67. The molecule has 0 fully saturated rings. The zero-order chi connectivity index (χ0) is 23.4. The molecule has 2 aromatic carbocycles. The van der Waals surface area contributed by atoms with E-state index in [4.69, 9.17) is 13.9 Å². The van der Waals surface area contributed by atoms with Crippen molar-refractivity contribution in [3.8, 4) is 11.5 Å². The molecule has 0 saturated carbocycles. The highest BCUT2D eigenvalue weighted by Gasteiger charge is 2.19. The number of benzene rings is 2. The van der Waals surface area contributed by atoms with Crippen LogP contribution in [-0.2, 0) is 19.6 Å². The van der Waals surface area contributed by atoms with Gasteiger partial charge in [-0.05, 0) is 37.1 Å². The molecule has 0 unspecified atom stereocenters. The molecule has 1 aliphatic rings. The quantitative estimate of drug-likeness (QED) is 0.513. The lowest BCUT2D eigenvalue weighted by Gasteiger charge is -2.21. The standard InChI is InChI=1S/C24H25F2N3O4/c1-3-15(2)27-24(30)20-13-31-23(28-20)12-29(11-17-5-6-18(25)9-19(17)26)10-16-4-7-21-22(8-16)33-14-32-21/h4-9,13,15H,3,10-12,14H2,1-2H3,(H,27,30)/t15-/m0/s1. The summed E-state index contributed by atoms with van der Waals surface area (Å²) in [6, 6.07) is 9.07. The number of hydrogen-bond donors (Lipinski definition) is 1. The summed E-state index contributed by atoms with van der Waals surface area (Å²) in [5.74, 6) is 0.0360. The highest BCUT2D eigenvalue weighted by molar-refractivity contribution is 5.92. The van der Waals surface area contributed by atoms with Crippen molar-refractivity contribution in [2.24, 2.45) is 0 Å². The SMILES string of the molecule is CC[C@H](C)NC(=O)c1coc(CN(Cc2ccc3c(c2)OCO3)Cc2ccc(F)cc2F)n1. The van der Waals surface area contributed by atoms with E-state index in [2.05, 4.69) is 10.3 Å². The minimum absolute atomic E-state index is 0.0154. The van der Waals surface area contributed by atoms with Crippen LogP contribution in [0.3, 0.4) is 0 Å². The average Bonchev–Trinajstić information content (AvgIpc) is 3.44. The number of carbonyl (C=O) groups is 1. The lowest BCUT2D eigenvalue weighted by atomic mass is 10.1. The van der Waals surface area contributed by atoms with Crippen molar-refractivity contribution in [3.63, 3.8) is 0 Å². The predicted molar refractivity (Wildman–Crippen MR) is 116 cm³/mol. The number of fused-ring (bicyclic) bond motifs is 1. The molecule has 9 heteroatoms. The monoisotopic (exact) mass is 457 g/mol. The summed E-state index contributed by atoms with van der Waals surface area (Å²) in [6.07, 6.45) is 2.10. The van der Waals surface area contributed by atoms with Crippen molar-refractivity contribution in [1.29, 1.82) is 0 Å². The van der Waals surface area contributed by atoms with Gasteiger partial charge in [0.05, 0.1) is 6.54 Å². The van der Waals surface area contributed by atoms with E-state index in [9.17, 15) is 13.6 Å². The average molecular weight is 457 g/mol. The molecule has 7 nitrogen and oxygen atoms in total. The topological polar surface area (TPSA) is 76.8 Å². The first-order chi connectivity index (χ1) is 15.9. The minimum atomic E-state index is -0.636. The number of nitrogens with zero attached hydrogens (tertiary/aromatic N) is 2. The van der Waals surface area contributed by atoms with Gasteiger partial charge in [0.1, 0.15) is 17.9 Å². The molecule has 3 aromatic rings. The zero-order valence-electron chi connectivity index (χ0n) is 18.4. The summed E-state index contributed by atoms with van der Waals surface area (Å²) in [4.78, 5) is 18.5. The molecule has 0 saturated heterocycles. The second-order valence-corrected chi connectivity index (χ2v) is 7.98. The van der Waals surface area contributed by atoms with E-state index in [0.717, 1.165) is 18.1 Å². The van der Waals surface area contributed by atoms with Crippen molar-refractivity contribution in [2.45, 2.75) is 45.9 Å². The highest BCUT2D eigenvalue weighted by Crippen LogP contribution is 2.33. The van der Waals surface area contributed by atoms with Gasteiger partial charge in [-0.2, -0.15) is 0 Å². The molecule has 1 aliphatic heterocycles. The first-order valence-electron chi connectivity index (χ1n) is 10.7. The molecule has 1 amide bonds. The molecule has 0 bridgehead atoms. The highest BCUT2D eigenvalue weighted by atomic mass is 19.1. The Hall–Kier alpha value is -3.46. The van der Waals surface area contributed by atoms with Crippen LogP contribution in [-0.4, -0.2) is 28.6 Å². The summed E-state index contributed by atoms with van der Waals surface area (Å²) in [5, 5.41) is 2.84. The Morgan fingerprint density at radius 3 is 2.73 bits per heavy atom. The number of oxazole rings is 1. The number of rotatable bonds is 9. The normalized spacial score (nSPS) is 13.4. The van der Waals surface area contributed by atoms with Crippen molar-refractivity contribution in [2.75, 3.05) is 6.79 Å². The van der Waals surface area contributed by atoms with Gasteiger partial charge < -0.3 is 19.2 Å². The van der Waals surface area contributed by atoms with E-state index in [1.165, 1.54) is 18.4 Å². The van der Waals surface area contributed by atoms with Gasteiger partial charge in [0, 0.05) is 30.8 Å². The van der Waals surface area contributed by atoms with Gasteiger partial charge in [-0.1, -0.05) is 19.1 Å². The lowest BCUT2D eigenvalue weighted by molar-refractivity contribution is 0.0934. The Kier molecular flexibility index (Phi) is 6.88. The second kappa shape index (κ2) is 9.99. The van der Waals surface area contributed by atoms with Crippen LogP contribution in [0.4, 0.5) is 8.78 Å². The molecule has 1 N–H and O–H groups in total. The Balaban J connectivity index is 1.53. The molecule has 1 aromatic heterocycles. The molecular formula is C24H25F2N3O4. The van der Waals surface area contributed by atoms with Crippen molar-refractivity contribution < 1.29 is 27.5 Å². The number of hydrogen-bond acceptors (Lipinski definition) is 6. The number of amides is 1. The number of aromatic nitrogens is 1. The van der Waals surface area contributed by atoms with E-state index < -0.39 is 11.6 Å². The Bertz CT molecular complexity index is 1130. The van der Waals surface area contributed by atoms with Crippen LogP contribution in [0, 0.1) is 11.6 Å². The summed E-state index contributed by atoms with van der Waals surface area (Å²) >= 11 is 0. The maximum absolute atomic E-state index is 14.3. The largest absolute Gasteiger partial charge is 0.454 e. The summed E-state index contributed by atoms with van der Waals surface area (Å²) in [6.45, 7) is 4.84. The third-order valence-electron chi connectivity index (χ3n) is 5.39. The van der Waals surface area contributed by atoms with E-state index >= 15 is 0 Å². The van der Waals surface area contributed by atoms with E-state index in [-0.39, 0.29) is 37.5 Å². The molecule has 2 heterocycles. The maximum Gasteiger partial charge on any atom is 0.273 e. The predicted octanol–water partition coefficient (Wildman–Crippen LogP) is 4.41. The van der Waals surface area contributed by atoms with Gasteiger partial charge in [0.25, 0.3) is 5.91 Å². The zero-order valence-corrected chi connectivity index (χ0v) is 18.4. The van der Waals surface area contributed by atoms with Crippen molar-refractivity contribution in [3.05, 3.63) is 77.0 Å². The molecule has 174 valence electrons. The fourth-order valence-corrected chi connectivity index (χ4v) is 3.43. The van der Waals surface area contributed by atoms with Crippen LogP contribution in [0.25, 0.3) is 0 Å². The van der Waals surface area contributed by atoms with Gasteiger partial charge in [-0.3, -0.25) is 9.69 Å². The first kappa shape index (κ1) is 22.7. The van der Waals surface area contributed by atoms with Crippen LogP contribution in [0.15, 0.2) is 47.1 Å². The molecule has 4 rings (SSSR count). The Morgan fingerprint density at radius 1 is 1.12 bits per heavy atom. The first-order valence-corrected chi connectivity index (χ1v) is 10.7. The summed E-state index contributed by atoms with van der Waals surface area (Å²) in [7, 11) is 0.